The van der Waals surface area contributed by atoms with Crippen LogP contribution >= 0.6 is 0 Å². The van der Waals surface area contributed by atoms with Gasteiger partial charge in [0.15, 0.2) is 0 Å². The second-order valence-electron chi connectivity index (χ2n) is 4.81. The van der Waals surface area contributed by atoms with Crippen LogP contribution in [0.4, 0.5) is 0 Å². The van der Waals surface area contributed by atoms with Gasteiger partial charge in [-0.25, -0.2) is 5.43 Å². The molecule has 0 rings (SSSR count). The first-order valence-electron chi connectivity index (χ1n) is 4.03. The Hall–Kier alpha value is -0.0900. The third kappa shape index (κ3) is 5.55. The Morgan fingerprint density at radius 2 is 1.50 bits per heavy atom. The molecule has 0 spiro atoms. The maximum Gasteiger partial charge on any atom is 0.0285 e. The molecule has 1 N–H and O–H groups in total. The molecule has 0 saturated carbocycles. The van der Waals surface area contributed by atoms with E-state index in [1.807, 2.05) is 41.5 Å². The third-order valence-corrected chi connectivity index (χ3v) is 2.29. The number of rotatable bonds is 1. The summed E-state index contributed by atoms with van der Waals surface area (Å²) in [6.45, 7) is 11.6. The fraction of sp³-hybridized carbons (Fsp3) is 1.00. The van der Waals surface area contributed by atoms with Gasteiger partial charge >= 0.3 is 0 Å². The van der Waals surface area contributed by atoms with E-state index in [1.165, 1.54) is 0 Å². The molecule has 0 aliphatic rings. The predicted octanol–water partition coefficient (Wildman–Crippen LogP) is 2.24. The van der Waals surface area contributed by atoms with E-state index in [4.69, 9.17) is 0 Å². The summed E-state index contributed by atoms with van der Waals surface area (Å²) in [7, 11) is -1.17. The number of nitrogens with one attached hydrogen (secondary N) is 1. The van der Waals surface area contributed by atoms with Crippen molar-refractivity contribution in [2.75, 3.05) is 0 Å². The van der Waals surface area contributed by atoms with Gasteiger partial charge in [-0.3, -0.25) is 0 Å². The van der Waals surface area contributed by atoms with Crippen molar-refractivity contribution in [1.29, 1.82) is 0 Å². The molecule has 0 amide bonds. The van der Waals surface area contributed by atoms with Gasteiger partial charge in [0.1, 0.15) is 0 Å². The lowest BCUT2D eigenvalue weighted by molar-refractivity contribution is 0.441. The third-order valence-electron chi connectivity index (χ3n) is 0.988. The second kappa shape index (κ2) is 3.75. The van der Waals surface area contributed by atoms with Crippen molar-refractivity contribution in [3.8, 4) is 0 Å². The van der Waals surface area contributed by atoms with E-state index in [9.17, 15) is 4.21 Å². The predicted molar refractivity (Wildman–Crippen MR) is 53.1 cm³/mol. The van der Waals surface area contributed by atoms with E-state index in [1.54, 1.807) is 0 Å². The van der Waals surface area contributed by atoms with Crippen LogP contribution in [0.1, 0.15) is 41.5 Å². The molecule has 4 heteroatoms. The quantitative estimate of drug-likeness (QED) is 0.510. The van der Waals surface area contributed by atoms with Crippen LogP contribution in [0.15, 0.2) is 4.47 Å². The van der Waals surface area contributed by atoms with Crippen LogP contribution in [0, 0.1) is 0 Å². The summed E-state index contributed by atoms with van der Waals surface area (Å²) in [4.78, 5) is 0. The molecule has 0 saturated heterocycles. The maximum absolute atomic E-state index is 11.4. The number of nitrogens with zero attached hydrogens (tertiary/aromatic N) is 1. The molecule has 0 bridgehead atoms. The van der Waals surface area contributed by atoms with Crippen LogP contribution in [-0.2, 0) is 14.8 Å². The fourth-order valence-corrected chi connectivity index (χ4v) is 0.946. The normalized spacial score (nSPS) is 16.5. The minimum absolute atomic E-state index is 0.110. The molecular formula is C8H19N2OS-. The fourth-order valence-electron chi connectivity index (χ4n) is 0.315. The van der Waals surface area contributed by atoms with E-state index in [2.05, 4.69) is 9.90 Å². The van der Waals surface area contributed by atoms with Gasteiger partial charge in [0.25, 0.3) is 0 Å². The Morgan fingerprint density at radius 3 is 1.75 bits per heavy atom. The average molecular weight is 191 g/mol. The second-order valence-corrected chi connectivity index (χ2v) is 6.72. The zero-order valence-corrected chi connectivity index (χ0v) is 9.58. The van der Waals surface area contributed by atoms with E-state index in [0.717, 1.165) is 0 Å². The first kappa shape index (κ1) is 11.9. The molecule has 0 aliphatic carbocycles. The SMILES string of the molecule is CC(C)(C)NN=[S-](=O)C(C)(C)C. The van der Waals surface area contributed by atoms with E-state index < -0.39 is 10.6 Å². The van der Waals surface area contributed by atoms with Crippen LogP contribution in [-0.4, -0.2) is 10.3 Å². The Kier molecular flexibility index (Phi) is 3.72. The van der Waals surface area contributed by atoms with Crippen molar-refractivity contribution in [2.45, 2.75) is 51.8 Å². The summed E-state index contributed by atoms with van der Waals surface area (Å²) in [6.07, 6.45) is 0. The highest BCUT2D eigenvalue weighted by Crippen LogP contribution is 2.07. The molecule has 0 aliphatic heterocycles. The van der Waals surface area contributed by atoms with Crippen LogP contribution in [0.2, 0.25) is 0 Å². The Labute approximate surface area is 77.1 Å². The Morgan fingerprint density at radius 1 is 1.08 bits per heavy atom. The van der Waals surface area contributed by atoms with Gasteiger partial charge in [-0.2, -0.15) is 10.6 Å². The molecule has 0 aromatic rings. The highest BCUT2D eigenvalue weighted by Gasteiger charge is 2.06. The molecule has 74 valence electrons. The summed E-state index contributed by atoms with van der Waals surface area (Å²) in [5.74, 6) is 0. The van der Waals surface area contributed by atoms with Gasteiger partial charge in [-0.15, -0.1) is 0 Å². The molecular weight excluding hydrogens is 172 g/mol. The lowest BCUT2D eigenvalue weighted by Gasteiger charge is -2.25. The van der Waals surface area contributed by atoms with E-state index in [-0.39, 0.29) is 10.3 Å². The molecule has 0 aromatic carbocycles. The van der Waals surface area contributed by atoms with E-state index in [0.29, 0.717) is 0 Å². The van der Waals surface area contributed by atoms with Gasteiger partial charge in [-0.05, 0) is 20.8 Å². The van der Waals surface area contributed by atoms with Crippen molar-refractivity contribution >= 4 is 10.6 Å². The highest BCUT2D eigenvalue weighted by atomic mass is 32.2. The van der Waals surface area contributed by atoms with Crippen molar-refractivity contribution in [2.24, 2.45) is 4.47 Å². The zero-order valence-electron chi connectivity index (χ0n) is 8.76. The van der Waals surface area contributed by atoms with Crippen molar-refractivity contribution in [3.05, 3.63) is 0 Å². The molecule has 12 heavy (non-hydrogen) atoms. The van der Waals surface area contributed by atoms with Gasteiger partial charge in [0.2, 0.25) is 0 Å². The van der Waals surface area contributed by atoms with Crippen molar-refractivity contribution in [3.63, 3.8) is 0 Å². The van der Waals surface area contributed by atoms with Crippen LogP contribution in [0.5, 0.6) is 0 Å². The standard InChI is InChI=1S/C8H19N2OS/c1-7(2,3)9-10-12(11)8(4,5)6/h9H,1-6H3/q-1. The number of hydrogen-bond acceptors (Lipinski definition) is 3. The smallest absolute Gasteiger partial charge is 0.0285 e. The lowest BCUT2D eigenvalue weighted by Crippen LogP contribution is -2.32. The molecule has 0 fully saturated rings. The van der Waals surface area contributed by atoms with Crippen molar-refractivity contribution in [1.82, 2.24) is 5.43 Å². The molecule has 0 heterocycles. The summed E-state index contributed by atoms with van der Waals surface area (Å²) < 4.78 is 15.0. The highest BCUT2D eigenvalue weighted by molar-refractivity contribution is 7.76. The molecule has 0 aromatic heterocycles. The van der Waals surface area contributed by atoms with Gasteiger partial charge < -0.3 is 8.68 Å². The molecule has 0 atom stereocenters. The van der Waals surface area contributed by atoms with Crippen molar-refractivity contribution < 1.29 is 4.21 Å². The average Bonchev–Trinajstić information content (AvgIpc) is 1.78. The minimum atomic E-state index is -1.17. The molecule has 3 nitrogen and oxygen atoms in total. The first-order valence-corrected chi connectivity index (χ1v) is 5.13. The summed E-state index contributed by atoms with van der Waals surface area (Å²) in [6, 6.07) is 0. The summed E-state index contributed by atoms with van der Waals surface area (Å²) >= 11 is 0. The van der Waals surface area contributed by atoms with Gasteiger partial charge in [-0.1, -0.05) is 25.5 Å². The molecule has 0 unspecified atom stereocenters. The number of hydrogen-bond donors (Lipinski definition) is 1. The lowest BCUT2D eigenvalue weighted by atomic mass is 10.1. The van der Waals surface area contributed by atoms with E-state index >= 15 is 0 Å². The van der Waals surface area contributed by atoms with Gasteiger partial charge in [0.05, 0.1) is 0 Å². The minimum Gasteiger partial charge on any atom is -0.442 e. The largest absolute Gasteiger partial charge is 0.442 e. The first-order chi connectivity index (χ1) is 5.13. The topological polar surface area (TPSA) is 41.5 Å². The summed E-state index contributed by atoms with van der Waals surface area (Å²) in [5.41, 5.74) is 2.74. The van der Waals surface area contributed by atoms with Crippen LogP contribution in [0.3, 0.4) is 0 Å². The zero-order chi connectivity index (χ0) is 9.99. The Bertz CT molecular complexity index is 216. The van der Waals surface area contributed by atoms with Gasteiger partial charge in [0, 0.05) is 5.54 Å². The Balaban J connectivity index is 4.32. The maximum atomic E-state index is 11.4. The monoisotopic (exact) mass is 191 g/mol. The van der Waals surface area contributed by atoms with Crippen LogP contribution < -0.4 is 5.43 Å². The van der Waals surface area contributed by atoms with Crippen LogP contribution in [0.25, 0.3) is 0 Å². The summed E-state index contributed by atoms with van der Waals surface area (Å²) in [5, 5.41) is 0. The molecule has 0 radical (unpaired) electrons.